The van der Waals surface area contributed by atoms with E-state index in [1.165, 1.54) is 0 Å². The van der Waals surface area contributed by atoms with E-state index in [4.69, 9.17) is 39.9 Å². The maximum absolute atomic E-state index is 12.0. The molecule has 0 aliphatic heterocycles. The van der Waals surface area contributed by atoms with Crippen molar-refractivity contribution in [2.24, 2.45) is 0 Å². The van der Waals surface area contributed by atoms with Crippen molar-refractivity contribution in [2.75, 3.05) is 0 Å². The van der Waals surface area contributed by atoms with Crippen LogP contribution in [0, 0.1) is 78.1 Å². The van der Waals surface area contributed by atoms with Crippen LogP contribution in [0.2, 0.25) is 0 Å². The van der Waals surface area contributed by atoms with Gasteiger partial charge in [0.2, 0.25) is 0 Å². The van der Waals surface area contributed by atoms with Gasteiger partial charge in [0.1, 0.15) is 58.2 Å². The second kappa shape index (κ2) is 17.4. The minimum atomic E-state index is 0.367. The van der Waals surface area contributed by atoms with Gasteiger partial charge in [-0.3, -0.25) is 0 Å². The van der Waals surface area contributed by atoms with Crippen LogP contribution in [0.1, 0.15) is 57.7 Å². The lowest BCUT2D eigenvalue weighted by molar-refractivity contribution is 0.928. The molecule has 0 aliphatic carbocycles. The molecule has 16 nitrogen and oxygen atoms in total. The van der Waals surface area contributed by atoms with Gasteiger partial charge in [-0.2, -0.15) is 10.5 Å². The van der Waals surface area contributed by atoms with Crippen LogP contribution in [0.5, 0.6) is 0 Å². The minimum Gasteiger partial charge on any atom is -0.308 e. The molecule has 0 aliphatic rings. The van der Waals surface area contributed by atoms with Gasteiger partial charge in [-0.25, -0.2) is 59.8 Å². The van der Waals surface area contributed by atoms with Crippen molar-refractivity contribution in [3.63, 3.8) is 0 Å². The molecule has 16 heteroatoms. The quantitative estimate of drug-likeness (QED) is 0.145. The Balaban J connectivity index is 1.24. The highest BCUT2D eigenvalue weighted by Gasteiger charge is 2.25. The van der Waals surface area contributed by atoms with Crippen molar-refractivity contribution in [1.82, 2.24) is 68.9 Å². The normalized spacial score (nSPS) is 11.5. The second-order valence-corrected chi connectivity index (χ2v) is 18.3. The summed E-state index contributed by atoms with van der Waals surface area (Å²) in [7, 11) is 0. The average molecular weight is 963 g/mol. The maximum atomic E-state index is 12.0. The van der Waals surface area contributed by atoms with Crippen molar-refractivity contribution in [1.29, 1.82) is 10.5 Å². The summed E-state index contributed by atoms with van der Waals surface area (Å²) in [5.74, 6) is 6.91. The van der Waals surface area contributed by atoms with E-state index in [2.05, 4.69) is 89.7 Å². The number of aryl methyl sites for hydroxylation is 8. The third-order valence-corrected chi connectivity index (χ3v) is 13.0. The van der Waals surface area contributed by atoms with Gasteiger partial charge >= 0.3 is 0 Å². The summed E-state index contributed by atoms with van der Waals surface area (Å²) in [5.41, 5.74) is 9.82. The zero-order valence-electron chi connectivity index (χ0n) is 41.5. The Morgan fingerprint density at radius 1 is 0.311 bits per heavy atom. The molecule has 12 rings (SSSR count). The fraction of sp³-hybridized carbons (Fsp3) is 0.138. The van der Waals surface area contributed by atoms with Gasteiger partial charge < -0.3 is 9.13 Å². The molecular weight excluding hydrogens is 921 g/mol. The van der Waals surface area contributed by atoms with E-state index in [0.717, 1.165) is 77.0 Å². The summed E-state index contributed by atoms with van der Waals surface area (Å²) < 4.78 is 4.27. The summed E-state index contributed by atoms with van der Waals surface area (Å²) in [6.45, 7) is 14.8. The van der Waals surface area contributed by atoms with Crippen molar-refractivity contribution in [2.45, 2.75) is 55.4 Å². The third kappa shape index (κ3) is 7.78. The van der Waals surface area contributed by atoms with Gasteiger partial charge in [-0.1, -0.05) is 60.7 Å². The van der Waals surface area contributed by atoms with E-state index in [0.29, 0.717) is 92.4 Å². The van der Waals surface area contributed by atoms with E-state index >= 15 is 0 Å². The smallest absolute Gasteiger partial charge is 0.163 e. The predicted molar refractivity (Wildman–Crippen MR) is 283 cm³/mol. The van der Waals surface area contributed by atoms with Gasteiger partial charge in [0.15, 0.2) is 23.3 Å². The number of hydrogen-bond acceptors (Lipinski definition) is 14. The van der Waals surface area contributed by atoms with Crippen LogP contribution >= 0.6 is 0 Å². The molecule has 6 aromatic carbocycles. The van der Waals surface area contributed by atoms with E-state index in [9.17, 15) is 10.5 Å². The molecule has 0 saturated heterocycles. The third-order valence-electron chi connectivity index (χ3n) is 13.0. The monoisotopic (exact) mass is 962 g/mol. The van der Waals surface area contributed by atoms with Gasteiger partial charge in [0.25, 0.3) is 0 Å². The van der Waals surface area contributed by atoms with E-state index in [1.807, 2.05) is 110 Å². The van der Waals surface area contributed by atoms with Crippen molar-refractivity contribution in [3.05, 3.63) is 167 Å². The fourth-order valence-corrected chi connectivity index (χ4v) is 10.1. The van der Waals surface area contributed by atoms with E-state index < -0.39 is 0 Å². The first-order chi connectivity index (χ1) is 35.8. The Bertz CT molecular complexity index is 3910. The number of rotatable bonds is 7. The number of aromatic nitrogens is 14. The highest BCUT2D eigenvalue weighted by atomic mass is 15.1. The highest BCUT2D eigenvalue weighted by Crippen LogP contribution is 2.43. The first kappa shape index (κ1) is 45.1. The first-order valence-corrected chi connectivity index (χ1v) is 23.8. The number of nitrogens with zero attached hydrogens (tertiary/aromatic N) is 16. The molecule has 0 spiro atoms. The molecule has 6 aromatic heterocycles. The Morgan fingerprint density at radius 2 is 0.622 bits per heavy atom. The van der Waals surface area contributed by atoms with Crippen molar-refractivity contribution in [3.8, 4) is 80.2 Å². The topological polar surface area (TPSA) is 212 Å². The number of nitriles is 2. The molecule has 74 heavy (non-hydrogen) atoms. The molecule has 0 fully saturated rings. The Kier molecular flexibility index (Phi) is 10.6. The van der Waals surface area contributed by atoms with Crippen LogP contribution in [0.25, 0.3) is 112 Å². The standard InChI is InChI=1S/C58H42N16/c1-29-61-30(2)66-55(65-29)39-12-16-44-45-17-13-40(56-67-31(3)62-32(4)68-56)22-50(45)73(49(44)21-39)53-25-43(38-11-9-10-37(20-38)27-59)26-54(48(53)28-60)74-51-23-41(57-69-33(5)63-34(6)70-57)14-18-46(51)47-19-15-42(24-52(47)74)58-71-35(7)64-36(8)72-58/h9-26H,1-8H3. The van der Waals surface area contributed by atoms with Crippen LogP contribution in [0.3, 0.4) is 0 Å². The lowest BCUT2D eigenvalue weighted by Crippen LogP contribution is -2.06. The van der Waals surface area contributed by atoms with Crippen LogP contribution < -0.4 is 0 Å². The number of hydrogen-bond donors (Lipinski definition) is 0. The molecule has 0 radical (unpaired) electrons. The second-order valence-electron chi connectivity index (χ2n) is 18.3. The largest absolute Gasteiger partial charge is 0.308 e. The van der Waals surface area contributed by atoms with Crippen molar-refractivity contribution >= 4 is 43.6 Å². The fourth-order valence-electron chi connectivity index (χ4n) is 10.1. The maximum Gasteiger partial charge on any atom is 0.163 e. The van der Waals surface area contributed by atoms with Gasteiger partial charge in [-0.05, 0) is 115 Å². The van der Waals surface area contributed by atoms with Gasteiger partial charge in [0, 0.05) is 43.8 Å². The molecule has 0 bridgehead atoms. The first-order valence-electron chi connectivity index (χ1n) is 23.8. The highest BCUT2D eigenvalue weighted by molar-refractivity contribution is 6.13. The van der Waals surface area contributed by atoms with Crippen molar-refractivity contribution < 1.29 is 0 Å². The number of fused-ring (bicyclic) bond motifs is 6. The summed E-state index contributed by atoms with van der Waals surface area (Å²) in [6, 6.07) is 41.3. The lowest BCUT2D eigenvalue weighted by Gasteiger charge is -2.19. The van der Waals surface area contributed by atoms with Crippen LogP contribution in [-0.2, 0) is 0 Å². The Hall–Kier alpha value is -10.1. The number of benzene rings is 6. The Morgan fingerprint density at radius 3 is 0.905 bits per heavy atom. The van der Waals surface area contributed by atoms with Crippen LogP contribution in [-0.4, -0.2) is 68.9 Å². The lowest BCUT2D eigenvalue weighted by atomic mass is 9.98. The Labute approximate surface area is 423 Å². The molecule has 0 N–H and O–H groups in total. The molecule has 0 amide bonds. The SMILES string of the molecule is Cc1nc(C)nc(-c2ccc3c4ccc(-c5nc(C)nc(C)n5)cc4n(-c4cc(-c5cccc(C#N)c5)cc(-n5c6cc(-c7nc(C)nc(C)n7)ccc6c6ccc(-c7nc(C)nc(C)n7)cc65)c4C#N)c3c2)n1. The van der Waals surface area contributed by atoms with E-state index in [-0.39, 0.29) is 0 Å². The molecule has 0 saturated carbocycles. The summed E-state index contributed by atoms with van der Waals surface area (Å²) in [5, 5.41) is 25.9. The molecule has 12 aromatic rings. The molecule has 6 heterocycles. The molecule has 354 valence electrons. The molecule has 0 atom stereocenters. The summed E-state index contributed by atoms with van der Waals surface area (Å²) in [4.78, 5) is 56.0. The summed E-state index contributed by atoms with van der Waals surface area (Å²) in [6.07, 6.45) is 0. The zero-order valence-corrected chi connectivity index (χ0v) is 41.5. The van der Waals surface area contributed by atoms with Gasteiger partial charge in [0.05, 0.1) is 45.1 Å². The van der Waals surface area contributed by atoms with Crippen LogP contribution in [0.15, 0.2) is 109 Å². The zero-order chi connectivity index (χ0) is 51.1. The van der Waals surface area contributed by atoms with E-state index in [1.54, 1.807) is 6.07 Å². The van der Waals surface area contributed by atoms with Crippen LogP contribution in [0.4, 0.5) is 0 Å². The average Bonchev–Trinajstić information content (AvgIpc) is 3.91. The minimum absolute atomic E-state index is 0.367. The van der Waals surface area contributed by atoms with Gasteiger partial charge in [-0.15, -0.1) is 0 Å². The molecule has 0 unspecified atom stereocenters. The molecular formula is C58H42N16. The summed E-state index contributed by atoms with van der Waals surface area (Å²) >= 11 is 0. The predicted octanol–water partition coefficient (Wildman–Crippen LogP) is 11.2.